The minimum Gasteiger partial charge on any atom is -0.396 e. The Hall–Kier alpha value is -1.80. The van der Waals surface area contributed by atoms with Gasteiger partial charge in [0.15, 0.2) is 0 Å². The van der Waals surface area contributed by atoms with Crippen LogP contribution in [0.4, 0.5) is 15.8 Å². The van der Waals surface area contributed by atoms with Gasteiger partial charge in [0, 0.05) is 7.05 Å². The first-order valence-corrected chi connectivity index (χ1v) is 7.77. The zero-order valence-electron chi connectivity index (χ0n) is 11.6. The molecule has 0 bridgehead atoms. The average Bonchev–Trinajstić information content (AvgIpc) is 2.60. The number of rotatable bonds is 3. The zero-order valence-corrected chi connectivity index (χ0v) is 13.2. The maximum Gasteiger partial charge on any atom is 0.263 e. The third-order valence-electron chi connectivity index (χ3n) is 3.09. The van der Waals surface area contributed by atoms with Crippen molar-refractivity contribution in [2.45, 2.75) is 18.7 Å². The van der Waals surface area contributed by atoms with Gasteiger partial charge in [-0.05, 0) is 26.0 Å². The summed E-state index contributed by atoms with van der Waals surface area (Å²) in [5, 5.41) is 3.87. The van der Waals surface area contributed by atoms with E-state index < -0.39 is 15.8 Å². The van der Waals surface area contributed by atoms with Gasteiger partial charge in [0.05, 0.1) is 27.8 Å². The number of nitrogens with one attached hydrogen (secondary N) is 1. The molecule has 0 radical (unpaired) electrons. The minimum absolute atomic E-state index is 0.242. The van der Waals surface area contributed by atoms with Crippen molar-refractivity contribution in [3.8, 4) is 0 Å². The number of nitrogen functional groups attached to an aromatic ring is 1. The highest BCUT2D eigenvalue weighted by atomic mass is 35.5. The van der Waals surface area contributed by atoms with Crippen molar-refractivity contribution in [1.82, 2.24) is 9.78 Å². The molecule has 0 atom stereocenters. The van der Waals surface area contributed by atoms with Crippen LogP contribution in [0.1, 0.15) is 11.4 Å². The zero-order chi connectivity index (χ0) is 15.9. The first-order chi connectivity index (χ1) is 9.63. The van der Waals surface area contributed by atoms with Gasteiger partial charge in [-0.2, -0.15) is 5.10 Å². The summed E-state index contributed by atoms with van der Waals surface area (Å²) >= 11 is 5.80. The van der Waals surface area contributed by atoms with Gasteiger partial charge in [-0.3, -0.25) is 9.40 Å². The lowest BCUT2D eigenvalue weighted by Crippen LogP contribution is -2.15. The molecule has 0 aliphatic heterocycles. The molecular formula is C12H14ClFN4O2S. The molecule has 0 saturated heterocycles. The maximum atomic E-state index is 13.3. The third kappa shape index (κ3) is 2.81. The standard InChI is InChI=1S/C12H14ClFN4O2S/c1-6-12(7(2)18(3)16-6)17-21(19,20)11-5-10(15)9(14)4-8(11)13/h4-5,17H,15H2,1-3H3. The van der Waals surface area contributed by atoms with Crippen LogP contribution in [0, 0.1) is 19.7 Å². The second kappa shape index (κ2) is 5.19. The fourth-order valence-corrected chi connectivity index (χ4v) is 3.59. The number of anilines is 2. The molecule has 0 fully saturated rings. The maximum absolute atomic E-state index is 13.3. The fourth-order valence-electron chi connectivity index (χ4n) is 1.86. The highest BCUT2D eigenvalue weighted by molar-refractivity contribution is 7.92. The number of nitrogens with zero attached hydrogens (tertiary/aromatic N) is 2. The molecule has 0 unspecified atom stereocenters. The highest BCUT2D eigenvalue weighted by Crippen LogP contribution is 2.29. The number of aromatic nitrogens is 2. The highest BCUT2D eigenvalue weighted by Gasteiger charge is 2.23. The van der Waals surface area contributed by atoms with Crippen LogP contribution in [0.25, 0.3) is 0 Å². The molecule has 0 aliphatic rings. The van der Waals surface area contributed by atoms with Gasteiger partial charge in [-0.15, -0.1) is 0 Å². The van der Waals surface area contributed by atoms with Crippen LogP contribution in [0.5, 0.6) is 0 Å². The van der Waals surface area contributed by atoms with Gasteiger partial charge in [0.1, 0.15) is 10.7 Å². The SMILES string of the molecule is Cc1nn(C)c(C)c1NS(=O)(=O)c1cc(N)c(F)cc1Cl. The average molecular weight is 333 g/mol. The molecule has 21 heavy (non-hydrogen) atoms. The number of aryl methyl sites for hydroxylation is 2. The Morgan fingerprint density at radius 2 is 2.00 bits per heavy atom. The van der Waals surface area contributed by atoms with Gasteiger partial charge in [-0.1, -0.05) is 11.6 Å². The number of benzene rings is 1. The van der Waals surface area contributed by atoms with Crippen molar-refractivity contribution in [2.75, 3.05) is 10.5 Å². The molecule has 0 spiro atoms. The van der Waals surface area contributed by atoms with E-state index in [0.717, 1.165) is 12.1 Å². The summed E-state index contributed by atoms with van der Waals surface area (Å²) < 4.78 is 42.0. The van der Waals surface area contributed by atoms with E-state index in [2.05, 4.69) is 9.82 Å². The Morgan fingerprint density at radius 3 is 2.52 bits per heavy atom. The van der Waals surface area contributed by atoms with E-state index in [-0.39, 0.29) is 15.6 Å². The van der Waals surface area contributed by atoms with Crippen LogP contribution in [0.3, 0.4) is 0 Å². The van der Waals surface area contributed by atoms with Crippen LogP contribution < -0.4 is 10.5 Å². The van der Waals surface area contributed by atoms with E-state index >= 15 is 0 Å². The van der Waals surface area contributed by atoms with E-state index in [1.165, 1.54) is 0 Å². The van der Waals surface area contributed by atoms with Crippen LogP contribution in [-0.4, -0.2) is 18.2 Å². The molecule has 114 valence electrons. The van der Waals surface area contributed by atoms with E-state index in [4.69, 9.17) is 17.3 Å². The number of sulfonamides is 1. The van der Waals surface area contributed by atoms with Crippen molar-refractivity contribution in [1.29, 1.82) is 0 Å². The lowest BCUT2D eigenvalue weighted by atomic mass is 10.3. The monoisotopic (exact) mass is 332 g/mol. The van der Waals surface area contributed by atoms with Gasteiger partial charge in [-0.25, -0.2) is 12.8 Å². The summed E-state index contributed by atoms with van der Waals surface area (Å²) in [6.45, 7) is 3.39. The minimum atomic E-state index is -4.00. The molecule has 0 amide bonds. The molecule has 2 rings (SSSR count). The Kier molecular flexibility index (Phi) is 3.85. The van der Waals surface area contributed by atoms with Crippen LogP contribution >= 0.6 is 11.6 Å². The normalized spacial score (nSPS) is 11.7. The number of halogens is 2. The van der Waals surface area contributed by atoms with Crippen LogP contribution in [-0.2, 0) is 17.1 Å². The summed E-state index contributed by atoms with van der Waals surface area (Å²) in [5.41, 5.74) is 6.63. The molecule has 1 aromatic heterocycles. The summed E-state index contributed by atoms with van der Waals surface area (Å²) in [6, 6.07) is 1.86. The van der Waals surface area contributed by atoms with Crippen molar-refractivity contribution < 1.29 is 12.8 Å². The van der Waals surface area contributed by atoms with E-state index in [1.807, 2.05) is 0 Å². The molecule has 1 heterocycles. The fraction of sp³-hybridized carbons (Fsp3) is 0.250. The quantitative estimate of drug-likeness (QED) is 0.843. The summed E-state index contributed by atoms with van der Waals surface area (Å²) in [6.07, 6.45) is 0. The lowest BCUT2D eigenvalue weighted by Gasteiger charge is -2.11. The number of hydrogen-bond donors (Lipinski definition) is 2. The van der Waals surface area contributed by atoms with Crippen molar-refractivity contribution in [2.24, 2.45) is 7.05 Å². The molecular weight excluding hydrogens is 319 g/mol. The second-order valence-electron chi connectivity index (χ2n) is 4.58. The topological polar surface area (TPSA) is 90.0 Å². The van der Waals surface area contributed by atoms with Crippen LogP contribution in [0.15, 0.2) is 17.0 Å². The van der Waals surface area contributed by atoms with Crippen molar-refractivity contribution in [3.63, 3.8) is 0 Å². The summed E-state index contributed by atoms with van der Waals surface area (Å²) in [7, 11) is -2.30. The van der Waals surface area contributed by atoms with Gasteiger partial charge >= 0.3 is 0 Å². The van der Waals surface area contributed by atoms with Gasteiger partial charge in [0.25, 0.3) is 10.0 Å². The lowest BCUT2D eigenvalue weighted by molar-refractivity contribution is 0.600. The van der Waals surface area contributed by atoms with Crippen molar-refractivity contribution >= 4 is 33.0 Å². The Bertz CT molecular complexity index is 817. The molecule has 0 saturated carbocycles. The summed E-state index contributed by atoms with van der Waals surface area (Å²) in [5.74, 6) is -0.771. The molecule has 3 N–H and O–H groups in total. The Labute approximate surface area is 126 Å². The van der Waals surface area contributed by atoms with E-state index in [9.17, 15) is 12.8 Å². The molecule has 6 nitrogen and oxygen atoms in total. The molecule has 2 aromatic rings. The predicted molar refractivity (Wildman–Crippen MR) is 79.3 cm³/mol. The third-order valence-corrected chi connectivity index (χ3v) is 4.90. The van der Waals surface area contributed by atoms with E-state index in [0.29, 0.717) is 17.1 Å². The smallest absolute Gasteiger partial charge is 0.263 e. The Balaban J connectivity index is 2.51. The summed E-state index contributed by atoms with van der Waals surface area (Å²) in [4.78, 5) is -0.286. The first-order valence-electron chi connectivity index (χ1n) is 5.91. The number of hydrogen-bond acceptors (Lipinski definition) is 4. The predicted octanol–water partition coefficient (Wildman–Crippen LogP) is 2.21. The van der Waals surface area contributed by atoms with Gasteiger partial charge in [0.2, 0.25) is 0 Å². The molecule has 1 aromatic carbocycles. The van der Waals surface area contributed by atoms with E-state index in [1.54, 1.807) is 25.6 Å². The second-order valence-corrected chi connectivity index (χ2v) is 6.64. The number of nitrogens with two attached hydrogens (primary N) is 1. The van der Waals surface area contributed by atoms with Crippen LogP contribution in [0.2, 0.25) is 5.02 Å². The van der Waals surface area contributed by atoms with Crippen molar-refractivity contribution in [3.05, 3.63) is 34.4 Å². The van der Waals surface area contributed by atoms with Gasteiger partial charge < -0.3 is 5.73 Å². The molecule has 9 heteroatoms. The molecule has 0 aliphatic carbocycles. The Morgan fingerprint density at radius 1 is 1.38 bits per heavy atom. The first kappa shape index (κ1) is 15.6. The largest absolute Gasteiger partial charge is 0.396 e.